The summed E-state index contributed by atoms with van der Waals surface area (Å²) in [7, 11) is 2.93. The summed E-state index contributed by atoms with van der Waals surface area (Å²) in [6.45, 7) is -0.230. The maximum Gasteiger partial charge on any atom is 0.338 e. The van der Waals surface area contributed by atoms with Gasteiger partial charge in [0.25, 0.3) is 5.91 Å². The predicted molar refractivity (Wildman–Crippen MR) is 95.8 cm³/mol. The summed E-state index contributed by atoms with van der Waals surface area (Å²) in [6, 6.07) is 9.41. The SMILES string of the molecule is COc1ccc(CN(C)C(=O)COC(=O)c2ccc3cn[nH]c3c2)cc1F. The lowest BCUT2D eigenvalue weighted by Crippen LogP contribution is -2.30. The molecule has 0 spiro atoms. The van der Waals surface area contributed by atoms with Crippen LogP contribution in [0.4, 0.5) is 4.39 Å². The maximum atomic E-state index is 13.7. The van der Waals surface area contributed by atoms with Crippen LogP contribution in [0.15, 0.2) is 42.6 Å². The molecule has 3 rings (SSSR count). The zero-order valence-electron chi connectivity index (χ0n) is 14.9. The first-order valence-electron chi connectivity index (χ1n) is 8.14. The van der Waals surface area contributed by atoms with E-state index in [2.05, 4.69) is 10.2 Å². The smallest absolute Gasteiger partial charge is 0.338 e. The molecule has 1 N–H and O–H groups in total. The van der Waals surface area contributed by atoms with Crippen LogP contribution < -0.4 is 4.74 Å². The average Bonchev–Trinajstić information content (AvgIpc) is 3.13. The molecule has 0 unspecified atom stereocenters. The van der Waals surface area contributed by atoms with Gasteiger partial charge < -0.3 is 14.4 Å². The van der Waals surface area contributed by atoms with Crippen LogP contribution >= 0.6 is 0 Å². The van der Waals surface area contributed by atoms with Gasteiger partial charge in [0.05, 0.1) is 24.4 Å². The van der Waals surface area contributed by atoms with Crippen LogP contribution in [0.2, 0.25) is 0 Å². The first-order chi connectivity index (χ1) is 13.0. The summed E-state index contributed by atoms with van der Waals surface area (Å²) in [5, 5.41) is 7.52. The largest absolute Gasteiger partial charge is 0.494 e. The number of aromatic amines is 1. The summed E-state index contributed by atoms with van der Waals surface area (Å²) < 4.78 is 23.7. The average molecular weight is 371 g/mol. The lowest BCUT2D eigenvalue weighted by Gasteiger charge is -2.17. The Hall–Kier alpha value is -3.42. The molecule has 0 bridgehead atoms. The molecule has 0 aliphatic carbocycles. The molecule has 0 radical (unpaired) electrons. The number of nitrogens with zero attached hydrogens (tertiary/aromatic N) is 2. The predicted octanol–water partition coefficient (Wildman–Crippen LogP) is 2.53. The molecule has 0 atom stereocenters. The summed E-state index contributed by atoms with van der Waals surface area (Å²) in [4.78, 5) is 25.7. The second-order valence-electron chi connectivity index (χ2n) is 5.97. The monoisotopic (exact) mass is 371 g/mol. The first kappa shape index (κ1) is 18.4. The van der Waals surface area contributed by atoms with Gasteiger partial charge in [-0.25, -0.2) is 9.18 Å². The number of likely N-dealkylation sites (N-methyl/N-ethyl adjacent to an activating group) is 1. The van der Waals surface area contributed by atoms with Gasteiger partial charge in [-0.05, 0) is 29.8 Å². The number of esters is 1. The summed E-state index contributed by atoms with van der Waals surface area (Å²) >= 11 is 0. The van der Waals surface area contributed by atoms with Crippen molar-refractivity contribution in [2.75, 3.05) is 20.8 Å². The highest BCUT2D eigenvalue weighted by atomic mass is 19.1. The Labute approximate surface area is 154 Å². The number of hydrogen-bond acceptors (Lipinski definition) is 5. The Morgan fingerprint density at radius 1 is 1.22 bits per heavy atom. The molecule has 7 nitrogen and oxygen atoms in total. The third-order valence-corrected chi connectivity index (χ3v) is 4.07. The number of carbonyl (C=O) groups is 2. The summed E-state index contributed by atoms with van der Waals surface area (Å²) in [5.74, 6) is -1.38. The number of benzene rings is 2. The van der Waals surface area contributed by atoms with Crippen molar-refractivity contribution in [2.24, 2.45) is 0 Å². The van der Waals surface area contributed by atoms with Gasteiger partial charge in [-0.3, -0.25) is 9.89 Å². The highest BCUT2D eigenvalue weighted by Crippen LogP contribution is 2.18. The van der Waals surface area contributed by atoms with Gasteiger partial charge in [0.2, 0.25) is 0 Å². The lowest BCUT2D eigenvalue weighted by molar-refractivity contribution is -0.133. The Balaban J connectivity index is 1.56. The number of hydrogen-bond donors (Lipinski definition) is 1. The van der Waals surface area contributed by atoms with E-state index in [9.17, 15) is 14.0 Å². The normalized spacial score (nSPS) is 10.6. The molecule has 1 aromatic heterocycles. The molecule has 3 aromatic rings. The zero-order valence-corrected chi connectivity index (χ0v) is 14.9. The van der Waals surface area contributed by atoms with Gasteiger partial charge in [-0.15, -0.1) is 0 Å². The third-order valence-electron chi connectivity index (χ3n) is 4.07. The molecule has 2 aromatic carbocycles. The fraction of sp³-hybridized carbons (Fsp3) is 0.211. The second kappa shape index (κ2) is 7.86. The molecule has 140 valence electrons. The molecule has 0 aliphatic rings. The Morgan fingerprint density at radius 3 is 2.78 bits per heavy atom. The van der Waals surface area contributed by atoms with Crippen molar-refractivity contribution < 1.29 is 23.5 Å². The summed E-state index contributed by atoms with van der Waals surface area (Å²) in [5.41, 5.74) is 1.62. The number of fused-ring (bicyclic) bond motifs is 1. The van der Waals surface area contributed by atoms with Crippen LogP contribution in [0.1, 0.15) is 15.9 Å². The number of rotatable bonds is 6. The fourth-order valence-corrected chi connectivity index (χ4v) is 2.56. The Bertz CT molecular complexity index is 986. The van der Waals surface area contributed by atoms with Crippen molar-refractivity contribution in [3.63, 3.8) is 0 Å². The molecule has 0 aliphatic heterocycles. The second-order valence-corrected chi connectivity index (χ2v) is 5.97. The highest BCUT2D eigenvalue weighted by Gasteiger charge is 2.15. The van der Waals surface area contributed by atoms with Crippen molar-refractivity contribution >= 4 is 22.8 Å². The molecule has 8 heteroatoms. The van der Waals surface area contributed by atoms with E-state index in [1.807, 2.05) is 0 Å². The third kappa shape index (κ3) is 4.22. The van der Waals surface area contributed by atoms with Gasteiger partial charge in [0.1, 0.15) is 0 Å². The topological polar surface area (TPSA) is 84.5 Å². The number of methoxy groups -OCH3 is 1. The van der Waals surface area contributed by atoms with E-state index in [1.165, 1.54) is 24.1 Å². The van der Waals surface area contributed by atoms with Crippen LogP contribution in [0, 0.1) is 5.82 Å². The number of halogens is 1. The van der Waals surface area contributed by atoms with Crippen molar-refractivity contribution in [3.8, 4) is 5.75 Å². The molecule has 27 heavy (non-hydrogen) atoms. The van der Waals surface area contributed by atoms with Crippen molar-refractivity contribution in [1.82, 2.24) is 15.1 Å². The van der Waals surface area contributed by atoms with Gasteiger partial charge in [-0.1, -0.05) is 12.1 Å². The van der Waals surface area contributed by atoms with Crippen LogP contribution in [-0.4, -0.2) is 47.7 Å². The summed E-state index contributed by atoms with van der Waals surface area (Å²) in [6.07, 6.45) is 1.64. The number of aromatic nitrogens is 2. The fourth-order valence-electron chi connectivity index (χ4n) is 2.56. The van der Waals surface area contributed by atoms with Gasteiger partial charge in [-0.2, -0.15) is 5.10 Å². The van der Waals surface area contributed by atoms with Gasteiger partial charge in [0, 0.05) is 19.0 Å². The quantitative estimate of drug-likeness (QED) is 0.673. The molecular weight excluding hydrogens is 353 g/mol. The van der Waals surface area contributed by atoms with Crippen molar-refractivity contribution in [3.05, 3.63) is 59.5 Å². The van der Waals surface area contributed by atoms with E-state index in [1.54, 1.807) is 37.5 Å². The van der Waals surface area contributed by atoms with E-state index < -0.39 is 24.3 Å². The van der Waals surface area contributed by atoms with E-state index in [0.717, 1.165) is 5.39 Å². The molecule has 0 fully saturated rings. The van der Waals surface area contributed by atoms with Crippen LogP contribution in [0.3, 0.4) is 0 Å². The zero-order chi connectivity index (χ0) is 19.4. The van der Waals surface area contributed by atoms with Crippen molar-refractivity contribution in [2.45, 2.75) is 6.54 Å². The van der Waals surface area contributed by atoms with Crippen molar-refractivity contribution in [1.29, 1.82) is 0 Å². The minimum Gasteiger partial charge on any atom is -0.494 e. The number of ether oxygens (including phenoxy) is 2. The standard InChI is InChI=1S/C19H18FN3O4/c1-23(10-12-3-6-17(26-2)15(20)7-12)18(24)11-27-19(25)13-4-5-14-9-21-22-16(14)8-13/h3-9H,10-11H2,1-2H3,(H,21,22). The number of H-pyrrole nitrogens is 1. The van der Waals surface area contributed by atoms with Crippen LogP contribution in [0.5, 0.6) is 5.75 Å². The minimum absolute atomic E-state index is 0.135. The maximum absolute atomic E-state index is 13.7. The first-order valence-corrected chi connectivity index (χ1v) is 8.14. The van der Waals surface area contributed by atoms with E-state index in [0.29, 0.717) is 16.6 Å². The molecule has 1 amide bonds. The Kier molecular flexibility index (Phi) is 5.35. The minimum atomic E-state index is -0.608. The van der Waals surface area contributed by atoms with Crippen LogP contribution in [0.25, 0.3) is 10.9 Å². The number of carbonyl (C=O) groups excluding carboxylic acids is 2. The van der Waals surface area contributed by atoms with E-state index >= 15 is 0 Å². The Morgan fingerprint density at radius 2 is 2.04 bits per heavy atom. The van der Waals surface area contributed by atoms with Gasteiger partial charge in [0.15, 0.2) is 18.2 Å². The molecular formula is C19H18FN3O4. The van der Waals surface area contributed by atoms with Crippen LogP contribution in [-0.2, 0) is 16.1 Å². The number of nitrogens with one attached hydrogen (secondary N) is 1. The van der Waals surface area contributed by atoms with Gasteiger partial charge >= 0.3 is 5.97 Å². The van der Waals surface area contributed by atoms with E-state index in [-0.39, 0.29) is 12.3 Å². The highest BCUT2D eigenvalue weighted by molar-refractivity contribution is 5.95. The van der Waals surface area contributed by atoms with E-state index in [4.69, 9.17) is 9.47 Å². The lowest BCUT2D eigenvalue weighted by atomic mass is 10.2. The molecule has 0 saturated heterocycles. The number of amides is 1. The molecule has 1 heterocycles. The molecule has 0 saturated carbocycles.